The Morgan fingerprint density at radius 2 is 1.47 bits per heavy atom. The van der Waals surface area contributed by atoms with E-state index in [0.717, 1.165) is 64.0 Å². The number of nitrogens with zero attached hydrogens (tertiary/aromatic N) is 1. The van der Waals surface area contributed by atoms with Gasteiger partial charge in [0.25, 0.3) is 0 Å². The van der Waals surface area contributed by atoms with Gasteiger partial charge in [0.1, 0.15) is 11.6 Å². The van der Waals surface area contributed by atoms with Crippen LogP contribution in [0.2, 0.25) is 0 Å². The molecule has 0 atom stereocenters. The highest BCUT2D eigenvalue weighted by Crippen LogP contribution is 2.44. The maximum Gasteiger partial charge on any atom is 0.231 e. The van der Waals surface area contributed by atoms with Crippen LogP contribution in [0.4, 0.5) is 8.78 Å². The molecule has 5 nitrogen and oxygen atoms in total. The summed E-state index contributed by atoms with van der Waals surface area (Å²) < 4.78 is 53.1. The summed E-state index contributed by atoms with van der Waals surface area (Å²) in [5.41, 5.74) is 6.60. The Morgan fingerprint density at radius 1 is 0.814 bits per heavy atom. The molecule has 7 rings (SSSR count). The van der Waals surface area contributed by atoms with Crippen LogP contribution in [0.25, 0.3) is 22.0 Å². The van der Waals surface area contributed by atoms with Crippen LogP contribution in [0.15, 0.2) is 79.0 Å². The molecule has 1 aromatic heterocycles. The molecular formula is C35H30F2INO4. The lowest BCUT2D eigenvalue weighted by Crippen LogP contribution is -3.00. The number of hydrogen-bond donors (Lipinski definition) is 0. The van der Waals surface area contributed by atoms with Crippen molar-refractivity contribution >= 4 is 10.8 Å². The molecule has 0 saturated heterocycles. The quantitative estimate of drug-likeness (QED) is 0.190. The normalized spacial score (nSPS) is 13.0. The van der Waals surface area contributed by atoms with Gasteiger partial charge in [0.2, 0.25) is 12.5 Å². The fourth-order valence-electron chi connectivity index (χ4n) is 6.47. The van der Waals surface area contributed by atoms with E-state index in [9.17, 15) is 8.78 Å². The molecule has 0 saturated carbocycles. The lowest BCUT2D eigenvalue weighted by atomic mass is 9.83. The van der Waals surface area contributed by atoms with Crippen LogP contribution in [0, 0.1) is 11.6 Å². The Labute approximate surface area is 266 Å². The fourth-order valence-corrected chi connectivity index (χ4v) is 6.47. The third kappa shape index (κ3) is 5.26. The topological polar surface area (TPSA) is 40.8 Å². The first-order chi connectivity index (χ1) is 20.5. The number of halogens is 3. The van der Waals surface area contributed by atoms with Gasteiger partial charge >= 0.3 is 0 Å². The van der Waals surface area contributed by atoms with Crippen LogP contribution >= 0.6 is 0 Å². The van der Waals surface area contributed by atoms with Crippen LogP contribution in [0.1, 0.15) is 34.6 Å². The Bertz CT molecular complexity index is 1760. The van der Waals surface area contributed by atoms with Gasteiger partial charge in [-0.1, -0.05) is 24.3 Å². The van der Waals surface area contributed by atoms with Crippen LogP contribution in [0.3, 0.4) is 0 Å². The highest BCUT2D eigenvalue weighted by Gasteiger charge is 2.32. The minimum atomic E-state index is -0.285. The summed E-state index contributed by atoms with van der Waals surface area (Å²) in [5.74, 6) is 2.25. The van der Waals surface area contributed by atoms with Gasteiger partial charge in [-0.15, -0.1) is 0 Å². The highest BCUT2D eigenvalue weighted by molar-refractivity contribution is 5.95. The first-order valence-corrected chi connectivity index (χ1v) is 14.1. The summed E-state index contributed by atoms with van der Waals surface area (Å²) in [6.45, 7) is 1.02. The second kappa shape index (κ2) is 12.0. The van der Waals surface area contributed by atoms with Crippen molar-refractivity contribution in [1.82, 2.24) is 0 Å². The van der Waals surface area contributed by atoms with E-state index < -0.39 is 0 Å². The summed E-state index contributed by atoms with van der Waals surface area (Å²) >= 11 is 0. The largest absolute Gasteiger partial charge is 1.00 e. The van der Waals surface area contributed by atoms with Crippen molar-refractivity contribution in [1.29, 1.82) is 0 Å². The molecule has 43 heavy (non-hydrogen) atoms. The predicted octanol–water partition coefficient (Wildman–Crippen LogP) is 4.14. The summed E-state index contributed by atoms with van der Waals surface area (Å²) in [4.78, 5) is 0. The molecule has 0 unspecified atom stereocenters. The zero-order chi connectivity index (χ0) is 28.8. The lowest BCUT2D eigenvalue weighted by Gasteiger charge is -2.23. The van der Waals surface area contributed by atoms with Crippen molar-refractivity contribution < 1.29 is 56.3 Å². The minimum Gasteiger partial charge on any atom is -1.00 e. The van der Waals surface area contributed by atoms with Crippen LogP contribution < -0.4 is 47.5 Å². The number of aryl methyl sites for hydroxylation is 3. The maximum atomic E-state index is 13.9. The maximum absolute atomic E-state index is 13.9. The Hall–Kier alpha value is -3.92. The number of methoxy groups -OCH3 is 2. The second-order valence-electron chi connectivity index (χ2n) is 10.7. The minimum absolute atomic E-state index is 0. The van der Waals surface area contributed by atoms with Gasteiger partial charge in [0.15, 0.2) is 35.7 Å². The number of rotatable bonds is 7. The molecule has 0 spiro atoms. The number of hydrogen-bond acceptors (Lipinski definition) is 4. The highest BCUT2D eigenvalue weighted by atomic mass is 127. The van der Waals surface area contributed by atoms with E-state index in [4.69, 9.17) is 18.9 Å². The standard InChI is InChI=1S/C35H30F2NO4.HI/c1-39-31-14-13-27-28(12-11-26(21-3-7-24(36)8-4-21)22-5-9-25(37)10-6-22)34-29-18-33-32(41-20-42-33)17-23(29)15-16-38(34)19-30(27)35(31)40-2;/h3-10,13-14,17-19,26H,11-12,15-16,20H2,1-2H3;1H/q+1;/p-1. The van der Waals surface area contributed by atoms with E-state index in [2.05, 4.69) is 29.0 Å². The second-order valence-corrected chi connectivity index (χ2v) is 10.7. The monoisotopic (exact) mass is 693 g/mol. The van der Waals surface area contributed by atoms with Gasteiger partial charge in [-0.2, -0.15) is 4.57 Å². The molecule has 0 aliphatic carbocycles. The van der Waals surface area contributed by atoms with Gasteiger partial charge < -0.3 is 42.9 Å². The predicted molar refractivity (Wildman–Crippen MR) is 155 cm³/mol. The lowest BCUT2D eigenvalue weighted by molar-refractivity contribution is -0.686. The van der Waals surface area contributed by atoms with Crippen LogP contribution in [-0.2, 0) is 19.4 Å². The van der Waals surface area contributed by atoms with Crippen molar-refractivity contribution in [2.24, 2.45) is 0 Å². The molecule has 0 radical (unpaired) electrons. The summed E-state index contributed by atoms with van der Waals surface area (Å²) in [6, 6.07) is 21.5. The molecule has 8 heteroatoms. The van der Waals surface area contributed by atoms with Crippen molar-refractivity contribution in [3.05, 3.63) is 113 Å². The molecular weight excluding hydrogens is 663 g/mol. The average Bonchev–Trinajstić information content (AvgIpc) is 3.48. The average molecular weight is 694 g/mol. The van der Waals surface area contributed by atoms with Crippen LogP contribution in [0.5, 0.6) is 23.0 Å². The molecule has 0 fully saturated rings. The van der Waals surface area contributed by atoms with Gasteiger partial charge in [-0.3, -0.25) is 0 Å². The third-order valence-electron chi connectivity index (χ3n) is 8.47. The molecule has 220 valence electrons. The van der Waals surface area contributed by atoms with Crippen molar-refractivity contribution in [2.75, 3.05) is 21.0 Å². The SMILES string of the molecule is COc1ccc2c(CCC(c3ccc(F)cc3)c3ccc(F)cc3)c3[n+](cc2c1OC)CCc1cc2c(cc1-3)OCO2.[I-]. The molecule has 2 aliphatic heterocycles. The zero-order valence-corrected chi connectivity index (χ0v) is 26.0. The zero-order valence-electron chi connectivity index (χ0n) is 23.8. The summed E-state index contributed by atoms with van der Waals surface area (Å²) in [6.07, 6.45) is 4.43. The molecule has 0 amide bonds. The number of pyridine rings is 1. The Balaban J connectivity index is 0.00000329. The Kier molecular flexibility index (Phi) is 8.13. The molecule has 0 bridgehead atoms. The van der Waals surface area contributed by atoms with Crippen molar-refractivity contribution in [3.63, 3.8) is 0 Å². The van der Waals surface area contributed by atoms with E-state index >= 15 is 0 Å². The Morgan fingerprint density at radius 3 is 2.09 bits per heavy atom. The van der Waals surface area contributed by atoms with Gasteiger partial charge in [-0.05, 0) is 78.1 Å². The third-order valence-corrected chi connectivity index (χ3v) is 8.47. The molecule has 2 aliphatic rings. The van der Waals surface area contributed by atoms with Crippen molar-refractivity contribution in [2.45, 2.75) is 31.7 Å². The first kappa shape index (κ1) is 29.2. The fraction of sp³-hybridized carbons (Fsp3) is 0.229. The molecule has 4 aromatic carbocycles. The van der Waals surface area contributed by atoms with Gasteiger partial charge in [0.05, 0.1) is 25.2 Å². The van der Waals surface area contributed by atoms with Gasteiger partial charge in [-0.25, -0.2) is 8.78 Å². The molecule has 0 N–H and O–H groups in total. The van der Waals surface area contributed by atoms with E-state index in [0.29, 0.717) is 17.9 Å². The van der Waals surface area contributed by atoms with E-state index in [-0.39, 0.29) is 48.3 Å². The van der Waals surface area contributed by atoms with Gasteiger partial charge in [0, 0.05) is 23.3 Å². The molecule has 3 heterocycles. The summed E-state index contributed by atoms with van der Waals surface area (Å²) in [7, 11) is 3.31. The van der Waals surface area contributed by atoms with Crippen LogP contribution in [-0.4, -0.2) is 21.0 Å². The number of benzene rings is 4. The smallest absolute Gasteiger partial charge is 0.231 e. The molecule has 5 aromatic rings. The van der Waals surface area contributed by atoms with Crippen molar-refractivity contribution in [3.8, 4) is 34.3 Å². The number of ether oxygens (including phenoxy) is 4. The van der Waals surface area contributed by atoms with E-state index in [1.165, 1.54) is 35.4 Å². The van der Waals surface area contributed by atoms with E-state index in [1.807, 2.05) is 30.3 Å². The number of aromatic nitrogens is 1. The number of fused-ring (bicyclic) bond motifs is 5. The summed E-state index contributed by atoms with van der Waals surface area (Å²) in [5, 5.41) is 2.04. The first-order valence-electron chi connectivity index (χ1n) is 14.1. The van der Waals surface area contributed by atoms with E-state index in [1.54, 1.807) is 14.2 Å².